The van der Waals surface area contributed by atoms with Crippen LogP contribution in [0, 0.1) is 4.78 Å². The van der Waals surface area contributed by atoms with Gasteiger partial charge in [0.25, 0.3) is 0 Å². The molecule has 1 amide bonds. The first-order valence-electron chi connectivity index (χ1n) is 5.27. The van der Waals surface area contributed by atoms with Crippen molar-refractivity contribution < 1.29 is 13.7 Å². The quantitative estimate of drug-likeness (QED) is 0.800. The largest absolute Gasteiger partial charge is 0.444 e. The highest BCUT2D eigenvalue weighted by Gasteiger charge is 2.17. The summed E-state index contributed by atoms with van der Waals surface area (Å²) >= 11 is 0. The summed E-state index contributed by atoms with van der Waals surface area (Å²) in [6.45, 7) is 9.00. The average molecular weight is 250 g/mol. The molecule has 0 aliphatic rings. The molecule has 0 fully saturated rings. The van der Waals surface area contributed by atoms with Crippen LogP contribution in [0.1, 0.15) is 34.6 Å². The molecule has 0 aromatic rings. The summed E-state index contributed by atoms with van der Waals surface area (Å²) < 4.78 is 24.2. The van der Waals surface area contributed by atoms with E-state index < -0.39 is 21.4 Å². The van der Waals surface area contributed by atoms with Gasteiger partial charge in [-0.2, -0.15) is 0 Å². The highest BCUT2D eigenvalue weighted by Crippen LogP contribution is 2.06. The lowest BCUT2D eigenvalue weighted by Crippen LogP contribution is -2.35. The summed E-state index contributed by atoms with van der Waals surface area (Å²) in [6.07, 6.45) is -0.536. The van der Waals surface area contributed by atoms with Gasteiger partial charge in [-0.25, -0.2) is 9.00 Å². The normalized spacial score (nSPS) is 15.6. The molecule has 0 bridgehead atoms. The SMILES string of the molecule is CC(C)S(=N)(=O)CCNC(=O)OC(C)(C)C. The van der Waals surface area contributed by atoms with Crippen molar-refractivity contribution in [3.8, 4) is 0 Å². The Bertz CT molecular complexity index is 328. The van der Waals surface area contributed by atoms with Gasteiger partial charge in [0.1, 0.15) is 5.60 Å². The molecule has 96 valence electrons. The summed E-state index contributed by atoms with van der Waals surface area (Å²) in [7, 11) is -2.61. The minimum Gasteiger partial charge on any atom is -0.444 e. The van der Waals surface area contributed by atoms with Crippen LogP contribution in [-0.2, 0) is 14.5 Å². The van der Waals surface area contributed by atoms with Gasteiger partial charge in [-0.1, -0.05) is 13.8 Å². The predicted molar refractivity (Wildman–Crippen MR) is 65.1 cm³/mol. The molecule has 0 saturated carbocycles. The number of amides is 1. The van der Waals surface area contributed by atoms with Crippen LogP contribution in [0.4, 0.5) is 4.79 Å². The van der Waals surface area contributed by atoms with Crippen molar-refractivity contribution in [3.63, 3.8) is 0 Å². The smallest absolute Gasteiger partial charge is 0.407 e. The number of nitrogens with one attached hydrogen (secondary N) is 2. The van der Waals surface area contributed by atoms with Gasteiger partial charge in [0.05, 0.1) is 0 Å². The molecule has 16 heavy (non-hydrogen) atoms. The van der Waals surface area contributed by atoms with E-state index in [2.05, 4.69) is 5.32 Å². The average Bonchev–Trinajstić information content (AvgIpc) is 1.99. The number of rotatable bonds is 4. The van der Waals surface area contributed by atoms with Crippen molar-refractivity contribution in [2.24, 2.45) is 0 Å². The van der Waals surface area contributed by atoms with Crippen LogP contribution in [0.15, 0.2) is 0 Å². The van der Waals surface area contributed by atoms with Crippen molar-refractivity contribution in [2.75, 3.05) is 12.3 Å². The number of carbonyl (C=O) groups excluding carboxylic acids is 1. The lowest BCUT2D eigenvalue weighted by molar-refractivity contribution is 0.0531. The van der Waals surface area contributed by atoms with Gasteiger partial charge in [-0.15, -0.1) is 0 Å². The van der Waals surface area contributed by atoms with E-state index in [0.717, 1.165) is 0 Å². The van der Waals surface area contributed by atoms with Crippen molar-refractivity contribution >= 4 is 15.8 Å². The summed E-state index contributed by atoms with van der Waals surface area (Å²) in [5, 5.41) is 2.29. The number of carbonyl (C=O) groups is 1. The maximum Gasteiger partial charge on any atom is 0.407 e. The summed E-state index contributed by atoms with van der Waals surface area (Å²) in [4.78, 5) is 11.2. The summed E-state index contributed by atoms with van der Waals surface area (Å²) in [6, 6.07) is 0. The van der Waals surface area contributed by atoms with E-state index in [9.17, 15) is 9.00 Å². The second-order valence-corrected chi connectivity index (χ2v) is 7.71. The lowest BCUT2D eigenvalue weighted by Gasteiger charge is -2.20. The van der Waals surface area contributed by atoms with E-state index in [1.807, 2.05) is 0 Å². The van der Waals surface area contributed by atoms with E-state index in [1.54, 1.807) is 34.6 Å². The molecule has 0 saturated heterocycles. The van der Waals surface area contributed by atoms with Gasteiger partial charge < -0.3 is 10.1 Å². The third-order valence-corrected chi connectivity index (χ3v) is 4.17. The molecule has 0 aliphatic carbocycles. The first-order chi connectivity index (χ1) is 7.04. The second kappa shape index (κ2) is 5.52. The fourth-order valence-electron chi connectivity index (χ4n) is 0.855. The van der Waals surface area contributed by atoms with Gasteiger partial charge in [-0.05, 0) is 20.8 Å². The van der Waals surface area contributed by atoms with E-state index in [-0.39, 0.29) is 17.5 Å². The minimum absolute atomic E-state index is 0.157. The number of hydrogen-bond donors (Lipinski definition) is 2. The van der Waals surface area contributed by atoms with Crippen LogP contribution in [0.25, 0.3) is 0 Å². The van der Waals surface area contributed by atoms with Crippen molar-refractivity contribution in [1.82, 2.24) is 5.32 Å². The van der Waals surface area contributed by atoms with Crippen molar-refractivity contribution in [2.45, 2.75) is 45.5 Å². The lowest BCUT2D eigenvalue weighted by atomic mass is 10.2. The molecule has 2 N–H and O–H groups in total. The Morgan fingerprint density at radius 2 is 1.94 bits per heavy atom. The number of alkyl carbamates (subject to hydrolysis) is 1. The molecule has 0 radical (unpaired) electrons. The van der Waals surface area contributed by atoms with Crippen LogP contribution in [0.2, 0.25) is 0 Å². The van der Waals surface area contributed by atoms with Gasteiger partial charge >= 0.3 is 6.09 Å². The maximum absolute atomic E-state index is 11.6. The second-order valence-electron chi connectivity index (χ2n) is 4.91. The zero-order valence-electron chi connectivity index (χ0n) is 10.6. The van der Waals surface area contributed by atoms with E-state index in [4.69, 9.17) is 9.52 Å². The summed E-state index contributed by atoms with van der Waals surface area (Å²) in [5.41, 5.74) is -0.537. The van der Waals surface area contributed by atoms with Gasteiger partial charge in [0.2, 0.25) is 0 Å². The molecule has 0 heterocycles. The zero-order chi connectivity index (χ0) is 13.0. The Morgan fingerprint density at radius 1 is 1.44 bits per heavy atom. The molecule has 0 aromatic carbocycles. The predicted octanol–water partition coefficient (Wildman–Crippen LogP) is 1.97. The van der Waals surface area contributed by atoms with Gasteiger partial charge in [-0.3, -0.25) is 4.78 Å². The molecule has 0 aliphatic heterocycles. The van der Waals surface area contributed by atoms with E-state index in [0.29, 0.717) is 0 Å². The van der Waals surface area contributed by atoms with E-state index in [1.165, 1.54) is 0 Å². The maximum atomic E-state index is 11.6. The van der Waals surface area contributed by atoms with Crippen LogP contribution >= 0.6 is 0 Å². The Hall–Kier alpha value is -0.780. The Balaban J connectivity index is 3.97. The van der Waals surface area contributed by atoms with Crippen LogP contribution in [0.3, 0.4) is 0 Å². The Morgan fingerprint density at radius 3 is 2.31 bits per heavy atom. The fourth-order valence-corrected chi connectivity index (χ4v) is 1.73. The molecule has 5 nitrogen and oxygen atoms in total. The highest BCUT2D eigenvalue weighted by molar-refractivity contribution is 7.93. The highest BCUT2D eigenvalue weighted by atomic mass is 32.2. The Kier molecular flexibility index (Phi) is 5.25. The summed E-state index contributed by atoms with van der Waals surface area (Å²) in [5.74, 6) is 0.157. The minimum atomic E-state index is -2.61. The molecule has 1 unspecified atom stereocenters. The fraction of sp³-hybridized carbons (Fsp3) is 0.900. The standard InChI is InChI=1S/C10H22N2O3S/c1-8(2)16(11,14)7-6-12-9(13)15-10(3,4)5/h8,11H,6-7H2,1-5H3,(H,12,13). The molecule has 6 heteroatoms. The topological polar surface area (TPSA) is 79.3 Å². The zero-order valence-corrected chi connectivity index (χ0v) is 11.4. The molecule has 1 atom stereocenters. The molecule has 0 rings (SSSR count). The van der Waals surface area contributed by atoms with Gasteiger partial charge in [0.15, 0.2) is 0 Å². The molecule has 0 aromatic heterocycles. The van der Waals surface area contributed by atoms with Crippen molar-refractivity contribution in [3.05, 3.63) is 0 Å². The first-order valence-corrected chi connectivity index (χ1v) is 7.06. The molecular weight excluding hydrogens is 228 g/mol. The van der Waals surface area contributed by atoms with Crippen LogP contribution in [0.5, 0.6) is 0 Å². The molecule has 0 spiro atoms. The van der Waals surface area contributed by atoms with Crippen molar-refractivity contribution in [1.29, 1.82) is 4.78 Å². The van der Waals surface area contributed by atoms with E-state index >= 15 is 0 Å². The number of ether oxygens (including phenoxy) is 1. The third kappa shape index (κ3) is 6.66. The molecular formula is C10H22N2O3S. The van der Waals surface area contributed by atoms with Gasteiger partial charge in [0, 0.05) is 27.3 Å². The number of hydrogen-bond acceptors (Lipinski definition) is 4. The first kappa shape index (κ1) is 15.2. The van der Waals surface area contributed by atoms with Crippen LogP contribution in [-0.4, -0.2) is 33.5 Å². The monoisotopic (exact) mass is 250 g/mol. The Labute approximate surface area is 97.9 Å². The van der Waals surface area contributed by atoms with Crippen LogP contribution < -0.4 is 5.32 Å². The third-order valence-electron chi connectivity index (χ3n) is 1.84.